The van der Waals surface area contributed by atoms with E-state index >= 15 is 0 Å². The Morgan fingerprint density at radius 3 is 2.71 bits per heavy atom. The smallest absolute Gasteiger partial charge is 0.124 e. The average molecular weight is 234 g/mol. The fourth-order valence-corrected chi connectivity index (χ4v) is 2.33. The number of nitrogens with zero attached hydrogens (tertiary/aromatic N) is 1. The molecule has 3 heteroatoms. The standard InChI is InChI=1S/C14H22N2O/c1-3-4-12-5-6-13(11-14(12)17-2)16-9-7-15-8-10-16/h5-6,11,15H,3-4,7-10H2,1-2H3. The van der Waals surface area contributed by atoms with Crippen LogP contribution in [0.3, 0.4) is 0 Å². The first-order valence-electron chi connectivity index (χ1n) is 6.47. The molecule has 1 aliphatic heterocycles. The van der Waals surface area contributed by atoms with Crippen LogP contribution in [0.2, 0.25) is 0 Å². The van der Waals surface area contributed by atoms with E-state index in [0.717, 1.165) is 44.8 Å². The Balaban J connectivity index is 2.17. The summed E-state index contributed by atoms with van der Waals surface area (Å²) in [5.41, 5.74) is 2.59. The third kappa shape index (κ3) is 2.91. The van der Waals surface area contributed by atoms with Gasteiger partial charge in [0.15, 0.2) is 0 Å². The number of methoxy groups -OCH3 is 1. The first kappa shape index (κ1) is 12.2. The van der Waals surface area contributed by atoms with E-state index in [4.69, 9.17) is 4.74 Å². The predicted octanol–water partition coefficient (Wildman–Crippen LogP) is 2.06. The lowest BCUT2D eigenvalue weighted by Crippen LogP contribution is -2.43. The number of hydrogen-bond acceptors (Lipinski definition) is 3. The summed E-state index contributed by atoms with van der Waals surface area (Å²) in [4.78, 5) is 2.41. The summed E-state index contributed by atoms with van der Waals surface area (Å²) < 4.78 is 5.49. The number of rotatable bonds is 4. The van der Waals surface area contributed by atoms with Crippen molar-refractivity contribution in [1.29, 1.82) is 0 Å². The van der Waals surface area contributed by atoms with E-state index in [9.17, 15) is 0 Å². The molecule has 0 amide bonds. The van der Waals surface area contributed by atoms with Gasteiger partial charge in [-0.3, -0.25) is 0 Å². The summed E-state index contributed by atoms with van der Waals surface area (Å²) in [5.74, 6) is 1.03. The van der Waals surface area contributed by atoms with Crippen LogP contribution in [0.5, 0.6) is 5.75 Å². The van der Waals surface area contributed by atoms with Crippen LogP contribution >= 0.6 is 0 Å². The quantitative estimate of drug-likeness (QED) is 0.863. The van der Waals surface area contributed by atoms with Gasteiger partial charge in [0.25, 0.3) is 0 Å². The third-order valence-electron chi connectivity index (χ3n) is 3.27. The van der Waals surface area contributed by atoms with E-state index in [1.807, 2.05) is 0 Å². The Morgan fingerprint density at radius 2 is 2.06 bits per heavy atom. The molecule has 17 heavy (non-hydrogen) atoms. The highest BCUT2D eigenvalue weighted by Crippen LogP contribution is 2.26. The molecule has 1 saturated heterocycles. The molecule has 3 nitrogen and oxygen atoms in total. The van der Waals surface area contributed by atoms with Gasteiger partial charge in [-0.2, -0.15) is 0 Å². The lowest BCUT2D eigenvalue weighted by atomic mass is 10.1. The number of benzene rings is 1. The lowest BCUT2D eigenvalue weighted by molar-refractivity contribution is 0.409. The minimum absolute atomic E-state index is 1.03. The van der Waals surface area contributed by atoms with Crippen LogP contribution in [0.1, 0.15) is 18.9 Å². The van der Waals surface area contributed by atoms with Crippen molar-refractivity contribution in [3.05, 3.63) is 23.8 Å². The molecule has 0 unspecified atom stereocenters. The minimum atomic E-state index is 1.03. The van der Waals surface area contributed by atoms with Gasteiger partial charge in [0.2, 0.25) is 0 Å². The van der Waals surface area contributed by atoms with Crippen molar-refractivity contribution in [2.75, 3.05) is 38.2 Å². The van der Waals surface area contributed by atoms with E-state index in [1.54, 1.807) is 7.11 Å². The molecule has 1 aliphatic rings. The molecule has 1 aromatic rings. The Labute approximate surface area is 104 Å². The zero-order valence-electron chi connectivity index (χ0n) is 10.8. The topological polar surface area (TPSA) is 24.5 Å². The summed E-state index contributed by atoms with van der Waals surface area (Å²) in [6.07, 6.45) is 2.24. The average Bonchev–Trinajstić information content (AvgIpc) is 2.40. The summed E-state index contributed by atoms with van der Waals surface area (Å²) in [6, 6.07) is 6.61. The van der Waals surface area contributed by atoms with Gasteiger partial charge in [-0.05, 0) is 18.1 Å². The zero-order valence-corrected chi connectivity index (χ0v) is 10.8. The van der Waals surface area contributed by atoms with Crippen molar-refractivity contribution < 1.29 is 4.74 Å². The van der Waals surface area contributed by atoms with Crippen molar-refractivity contribution in [1.82, 2.24) is 5.32 Å². The molecular formula is C14H22N2O. The molecule has 1 aromatic carbocycles. The fraction of sp³-hybridized carbons (Fsp3) is 0.571. The van der Waals surface area contributed by atoms with E-state index in [1.165, 1.54) is 11.3 Å². The predicted molar refractivity (Wildman–Crippen MR) is 72.1 cm³/mol. The molecule has 1 fully saturated rings. The highest BCUT2D eigenvalue weighted by Gasteiger charge is 2.12. The summed E-state index contributed by atoms with van der Waals surface area (Å²) in [5, 5.41) is 3.37. The second kappa shape index (κ2) is 5.92. The van der Waals surface area contributed by atoms with Gasteiger partial charge in [-0.15, -0.1) is 0 Å². The van der Waals surface area contributed by atoms with Crippen molar-refractivity contribution in [3.8, 4) is 5.75 Å². The Hall–Kier alpha value is -1.22. The largest absolute Gasteiger partial charge is 0.496 e. The van der Waals surface area contributed by atoms with Gasteiger partial charge >= 0.3 is 0 Å². The van der Waals surface area contributed by atoms with Crippen LogP contribution in [0.4, 0.5) is 5.69 Å². The summed E-state index contributed by atoms with van der Waals surface area (Å²) >= 11 is 0. The monoisotopic (exact) mass is 234 g/mol. The number of nitrogens with one attached hydrogen (secondary N) is 1. The van der Waals surface area contributed by atoms with E-state index < -0.39 is 0 Å². The van der Waals surface area contributed by atoms with Gasteiger partial charge in [0, 0.05) is 37.9 Å². The Morgan fingerprint density at radius 1 is 1.29 bits per heavy atom. The van der Waals surface area contributed by atoms with Crippen LogP contribution in [-0.2, 0) is 6.42 Å². The van der Waals surface area contributed by atoms with Crippen LogP contribution in [0, 0.1) is 0 Å². The first-order chi connectivity index (χ1) is 8.35. The third-order valence-corrected chi connectivity index (χ3v) is 3.27. The molecule has 0 aromatic heterocycles. The van der Waals surface area contributed by atoms with Gasteiger partial charge < -0.3 is 15.0 Å². The van der Waals surface area contributed by atoms with Crippen LogP contribution in [0.25, 0.3) is 0 Å². The normalized spacial score (nSPS) is 16.0. The molecule has 2 rings (SSSR count). The van der Waals surface area contributed by atoms with Crippen LogP contribution in [0.15, 0.2) is 18.2 Å². The van der Waals surface area contributed by atoms with Gasteiger partial charge in [0.05, 0.1) is 7.11 Å². The molecular weight excluding hydrogens is 212 g/mol. The number of aryl methyl sites for hydroxylation is 1. The van der Waals surface area contributed by atoms with Gasteiger partial charge in [0.1, 0.15) is 5.75 Å². The Kier molecular flexibility index (Phi) is 4.26. The van der Waals surface area contributed by atoms with Crippen molar-refractivity contribution in [3.63, 3.8) is 0 Å². The number of anilines is 1. The first-order valence-corrected chi connectivity index (χ1v) is 6.47. The van der Waals surface area contributed by atoms with Gasteiger partial charge in [-0.25, -0.2) is 0 Å². The maximum absolute atomic E-state index is 5.49. The summed E-state index contributed by atoms with van der Waals surface area (Å²) in [6.45, 7) is 6.49. The SMILES string of the molecule is CCCc1ccc(N2CCNCC2)cc1OC. The van der Waals surface area contributed by atoms with Crippen molar-refractivity contribution >= 4 is 5.69 Å². The molecule has 1 heterocycles. The molecule has 0 atom stereocenters. The van der Waals surface area contributed by atoms with Crippen LogP contribution < -0.4 is 15.0 Å². The van der Waals surface area contributed by atoms with Gasteiger partial charge in [-0.1, -0.05) is 19.4 Å². The minimum Gasteiger partial charge on any atom is -0.496 e. The molecule has 0 spiro atoms. The maximum Gasteiger partial charge on any atom is 0.124 e. The zero-order chi connectivity index (χ0) is 12.1. The van der Waals surface area contributed by atoms with E-state index in [-0.39, 0.29) is 0 Å². The molecule has 0 bridgehead atoms. The second-order valence-corrected chi connectivity index (χ2v) is 4.48. The molecule has 0 aliphatic carbocycles. The lowest BCUT2D eigenvalue weighted by Gasteiger charge is -2.30. The number of piperazine rings is 1. The maximum atomic E-state index is 5.49. The molecule has 94 valence electrons. The highest BCUT2D eigenvalue weighted by molar-refractivity contribution is 5.54. The summed E-state index contributed by atoms with van der Waals surface area (Å²) in [7, 11) is 1.76. The molecule has 0 saturated carbocycles. The molecule has 1 N–H and O–H groups in total. The molecule has 0 radical (unpaired) electrons. The fourth-order valence-electron chi connectivity index (χ4n) is 2.33. The van der Waals surface area contributed by atoms with E-state index in [2.05, 4.69) is 35.3 Å². The number of ether oxygens (including phenoxy) is 1. The second-order valence-electron chi connectivity index (χ2n) is 4.48. The Bertz CT molecular complexity index is 359. The van der Waals surface area contributed by atoms with Crippen LogP contribution in [-0.4, -0.2) is 33.3 Å². The van der Waals surface area contributed by atoms with Crippen molar-refractivity contribution in [2.24, 2.45) is 0 Å². The highest BCUT2D eigenvalue weighted by atomic mass is 16.5. The number of hydrogen-bond donors (Lipinski definition) is 1. The van der Waals surface area contributed by atoms with E-state index in [0.29, 0.717) is 0 Å². The van der Waals surface area contributed by atoms with Crippen molar-refractivity contribution in [2.45, 2.75) is 19.8 Å².